The van der Waals surface area contributed by atoms with Crippen molar-refractivity contribution >= 4 is 17.5 Å². The van der Waals surface area contributed by atoms with Crippen molar-refractivity contribution in [3.8, 4) is 0 Å². The number of pyridine rings is 1. The predicted octanol–water partition coefficient (Wildman–Crippen LogP) is 3.53. The highest BCUT2D eigenvalue weighted by atomic mass is 35.5. The van der Waals surface area contributed by atoms with Gasteiger partial charge in [0, 0.05) is 25.9 Å². The van der Waals surface area contributed by atoms with E-state index in [9.17, 15) is 4.79 Å². The number of halogens is 1. The Morgan fingerprint density at radius 2 is 1.95 bits per heavy atom. The minimum atomic E-state index is -0.1000. The summed E-state index contributed by atoms with van der Waals surface area (Å²) in [5.41, 5.74) is 0.436. The maximum Gasteiger partial charge on any atom is 0.256 e. The van der Waals surface area contributed by atoms with E-state index in [4.69, 9.17) is 16.7 Å². The molecule has 0 aromatic carbocycles. The maximum atomic E-state index is 12.5. The van der Waals surface area contributed by atoms with Crippen molar-refractivity contribution in [2.24, 2.45) is 0 Å². The van der Waals surface area contributed by atoms with Crippen LogP contribution in [0, 0.1) is 0 Å². The second-order valence-electron chi connectivity index (χ2n) is 5.13. The van der Waals surface area contributed by atoms with Gasteiger partial charge in [0.25, 0.3) is 5.91 Å². The maximum absolute atomic E-state index is 12.5. The lowest BCUT2D eigenvalue weighted by Crippen LogP contribution is -2.33. The monoisotopic (exact) mass is 312 g/mol. The van der Waals surface area contributed by atoms with Crippen molar-refractivity contribution in [2.75, 3.05) is 19.7 Å². The number of aliphatic hydroxyl groups is 1. The summed E-state index contributed by atoms with van der Waals surface area (Å²) in [6, 6.07) is 3.41. The molecule has 0 unspecified atom stereocenters. The van der Waals surface area contributed by atoms with Crippen LogP contribution in [0.15, 0.2) is 18.3 Å². The van der Waals surface area contributed by atoms with Gasteiger partial charge in [0.05, 0.1) is 5.56 Å². The summed E-state index contributed by atoms with van der Waals surface area (Å²) in [5, 5.41) is 9.23. The Balaban J connectivity index is 2.59. The highest BCUT2D eigenvalue weighted by Gasteiger charge is 2.18. The van der Waals surface area contributed by atoms with Gasteiger partial charge in [0.1, 0.15) is 5.15 Å². The first-order chi connectivity index (χ1) is 10.2. The van der Waals surface area contributed by atoms with E-state index in [0.717, 1.165) is 12.8 Å². The molecular weight excluding hydrogens is 288 g/mol. The van der Waals surface area contributed by atoms with E-state index in [-0.39, 0.29) is 17.7 Å². The number of hydrogen-bond acceptors (Lipinski definition) is 3. The van der Waals surface area contributed by atoms with E-state index in [1.807, 2.05) is 0 Å². The van der Waals surface area contributed by atoms with Crippen molar-refractivity contribution < 1.29 is 9.90 Å². The quantitative estimate of drug-likeness (QED) is 0.531. The van der Waals surface area contributed by atoms with Crippen LogP contribution in [-0.4, -0.2) is 40.6 Å². The molecule has 4 nitrogen and oxygen atoms in total. The molecule has 0 aliphatic heterocycles. The molecule has 1 aromatic heterocycles. The Morgan fingerprint density at radius 1 is 1.24 bits per heavy atom. The van der Waals surface area contributed by atoms with E-state index in [1.165, 1.54) is 19.3 Å². The predicted molar refractivity (Wildman–Crippen MR) is 85.6 cm³/mol. The molecule has 0 saturated carbocycles. The topological polar surface area (TPSA) is 53.4 Å². The molecule has 0 radical (unpaired) electrons. The van der Waals surface area contributed by atoms with Gasteiger partial charge in [-0.05, 0) is 25.0 Å². The average Bonchev–Trinajstić information content (AvgIpc) is 2.50. The van der Waals surface area contributed by atoms with Crippen molar-refractivity contribution in [3.05, 3.63) is 29.0 Å². The zero-order chi connectivity index (χ0) is 15.5. The highest BCUT2D eigenvalue weighted by molar-refractivity contribution is 6.32. The average molecular weight is 313 g/mol. The van der Waals surface area contributed by atoms with E-state index in [0.29, 0.717) is 25.1 Å². The molecule has 1 amide bonds. The molecule has 0 atom stereocenters. The van der Waals surface area contributed by atoms with Crippen molar-refractivity contribution in [1.82, 2.24) is 9.88 Å². The molecule has 1 rings (SSSR count). The van der Waals surface area contributed by atoms with Crippen LogP contribution in [0.1, 0.15) is 55.8 Å². The normalized spacial score (nSPS) is 10.6. The van der Waals surface area contributed by atoms with Gasteiger partial charge in [-0.25, -0.2) is 4.98 Å². The van der Waals surface area contributed by atoms with E-state index in [1.54, 1.807) is 23.2 Å². The van der Waals surface area contributed by atoms with Crippen molar-refractivity contribution in [2.45, 2.75) is 45.4 Å². The largest absolute Gasteiger partial charge is 0.396 e. The van der Waals surface area contributed by atoms with E-state index < -0.39 is 0 Å². The zero-order valence-electron chi connectivity index (χ0n) is 12.7. The van der Waals surface area contributed by atoms with E-state index >= 15 is 0 Å². The summed E-state index contributed by atoms with van der Waals surface area (Å²) in [7, 11) is 0. The van der Waals surface area contributed by atoms with Crippen LogP contribution in [-0.2, 0) is 0 Å². The first-order valence-electron chi connectivity index (χ1n) is 7.71. The third-order valence-electron chi connectivity index (χ3n) is 3.39. The van der Waals surface area contributed by atoms with Gasteiger partial charge < -0.3 is 10.0 Å². The molecule has 0 aliphatic rings. The number of carbonyl (C=O) groups is 1. The summed E-state index contributed by atoms with van der Waals surface area (Å²) in [6.45, 7) is 3.52. The molecule has 5 heteroatoms. The molecular formula is C16H25ClN2O2. The van der Waals surface area contributed by atoms with Crippen molar-refractivity contribution in [1.29, 1.82) is 0 Å². The summed E-state index contributed by atoms with van der Waals surface area (Å²) in [6.07, 6.45) is 7.90. The Bertz CT molecular complexity index is 426. The number of unbranched alkanes of at least 4 members (excludes halogenated alkanes) is 4. The minimum Gasteiger partial charge on any atom is -0.396 e. The number of aromatic nitrogens is 1. The fourth-order valence-electron chi connectivity index (χ4n) is 2.20. The molecule has 0 bridgehead atoms. The fourth-order valence-corrected chi connectivity index (χ4v) is 2.40. The Morgan fingerprint density at radius 3 is 2.62 bits per heavy atom. The molecule has 1 heterocycles. The van der Waals surface area contributed by atoms with E-state index in [2.05, 4.69) is 11.9 Å². The minimum absolute atomic E-state index is 0.0837. The SMILES string of the molecule is CCCCCCCN(CCCO)C(=O)c1cccnc1Cl. The molecule has 0 spiro atoms. The van der Waals surface area contributed by atoms with Crippen LogP contribution in [0.25, 0.3) is 0 Å². The van der Waals surface area contributed by atoms with Crippen LogP contribution >= 0.6 is 11.6 Å². The van der Waals surface area contributed by atoms with Gasteiger partial charge in [-0.1, -0.05) is 44.2 Å². The van der Waals surface area contributed by atoms with Crippen LogP contribution in [0.3, 0.4) is 0 Å². The zero-order valence-corrected chi connectivity index (χ0v) is 13.5. The van der Waals surface area contributed by atoms with Crippen LogP contribution in [0.5, 0.6) is 0 Å². The third-order valence-corrected chi connectivity index (χ3v) is 3.70. The van der Waals surface area contributed by atoms with Gasteiger partial charge in [0.15, 0.2) is 0 Å². The lowest BCUT2D eigenvalue weighted by atomic mass is 10.1. The first-order valence-corrected chi connectivity index (χ1v) is 8.09. The highest BCUT2D eigenvalue weighted by Crippen LogP contribution is 2.15. The number of nitrogens with zero attached hydrogens (tertiary/aromatic N) is 2. The van der Waals surface area contributed by atoms with Gasteiger partial charge in [0.2, 0.25) is 0 Å². The standard InChI is InChI=1S/C16H25ClN2O2/c1-2-3-4-5-6-11-19(12-8-13-20)16(21)14-9-7-10-18-15(14)17/h7,9-10,20H,2-6,8,11-13H2,1H3. The number of hydrogen-bond donors (Lipinski definition) is 1. The summed E-state index contributed by atoms with van der Waals surface area (Å²) < 4.78 is 0. The molecule has 1 aromatic rings. The summed E-state index contributed by atoms with van der Waals surface area (Å²) >= 11 is 5.99. The third kappa shape index (κ3) is 6.44. The van der Waals surface area contributed by atoms with Crippen molar-refractivity contribution in [3.63, 3.8) is 0 Å². The first kappa shape index (κ1) is 17.9. The smallest absolute Gasteiger partial charge is 0.256 e. The van der Waals surface area contributed by atoms with Crippen LogP contribution in [0.2, 0.25) is 5.15 Å². The molecule has 118 valence electrons. The second-order valence-corrected chi connectivity index (χ2v) is 5.48. The summed E-state index contributed by atoms with van der Waals surface area (Å²) in [4.78, 5) is 18.2. The number of amides is 1. The van der Waals surface area contributed by atoms with Gasteiger partial charge in [-0.2, -0.15) is 0 Å². The molecule has 1 N–H and O–H groups in total. The molecule has 0 fully saturated rings. The number of carbonyl (C=O) groups excluding carboxylic acids is 1. The Kier molecular flexibility index (Phi) is 9.02. The summed E-state index contributed by atoms with van der Waals surface area (Å²) in [5.74, 6) is -0.1000. The number of aliphatic hydroxyl groups excluding tert-OH is 1. The molecule has 21 heavy (non-hydrogen) atoms. The van der Waals surface area contributed by atoms with Crippen LogP contribution in [0.4, 0.5) is 0 Å². The second kappa shape index (κ2) is 10.6. The lowest BCUT2D eigenvalue weighted by molar-refractivity contribution is 0.0741. The molecule has 0 saturated heterocycles. The Labute approximate surface area is 132 Å². The fraction of sp³-hybridized carbons (Fsp3) is 0.625. The van der Waals surface area contributed by atoms with Gasteiger partial charge >= 0.3 is 0 Å². The lowest BCUT2D eigenvalue weighted by Gasteiger charge is -2.22. The number of rotatable bonds is 10. The Hall–Kier alpha value is -1.13. The van der Waals surface area contributed by atoms with Gasteiger partial charge in [-0.3, -0.25) is 4.79 Å². The molecule has 0 aliphatic carbocycles. The van der Waals surface area contributed by atoms with Crippen LogP contribution < -0.4 is 0 Å². The van der Waals surface area contributed by atoms with Gasteiger partial charge in [-0.15, -0.1) is 0 Å².